The lowest BCUT2D eigenvalue weighted by atomic mass is 9.85. The van der Waals surface area contributed by atoms with Gasteiger partial charge in [0.1, 0.15) is 0 Å². The Bertz CT molecular complexity index is 489. The topological polar surface area (TPSA) is 58.4 Å². The molecule has 0 aromatic heterocycles. The number of benzene rings is 1. The van der Waals surface area contributed by atoms with Crippen molar-refractivity contribution < 1.29 is 4.79 Å². The van der Waals surface area contributed by atoms with E-state index in [1.54, 1.807) is 0 Å². The van der Waals surface area contributed by atoms with E-state index in [1.165, 1.54) is 5.56 Å². The molecule has 1 amide bonds. The first kappa shape index (κ1) is 24.2. The summed E-state index contributed by atoms with van der Waals surface area (Å²) >= 11 is 0. The van der Waals surface area contributed by atoms with Gasteiger partial charge >= 0.3 is 0 Å². The minimum Gasteiger partial charge on any atom is -0.351 e. The van der Waals surface area contributed by atoms with E-state index in [-0.39, 0.29) is 42.8 Å². The summed E-state index contributed by atoms with van der Waals surface area (Å²) in [5.74, 6) is 0.868. The molecule has 4 nitrogen and oxygen atoms in total. The highest BCUT2D eigenvalue weighted by molar-refractivity contribution is 5.85. The molecule has 0 aliphatic carbocycles. The molecule has 1 saturated heterocycles. The Morgan fingerprint density at radius 2 is 1.76 bits per heavy atom. The predicted octanol–water partition coefficient (Wildman–Crippen LogP) is 3.23. The molecule has 3 N–H and O–H groups in total. The number of nitrogens with zero attached hydrogens (tertiary/aromatic N) is 1. The Balaban J connectivity index is 0.00000288. The third-order valence-corrected chi connectivity index (χ3v) is 4.81. The summed E-state index contributed by atoms with van der Waals surface area (Å²) < 4.78 is 0. The molecule has 0 radical (unpaired) electrons. The Morgan fingerprint density at radius 3 is 2.28 bits per heavy atom. The van der Waals surface area contributed by atoms with Crippen molar-refractivity contribution in [1.82, 2.24) is 10.2 Å². The first-order valence-corrected chi connectivity index (χ1v) is 8.83. The van der Waals surface area contributed by atoms with E-state index in [4.69, 9.17) is 5.73 Å². The van der Waals surface area contributed by atoms with E-state index in [0.717, 1.165) is 32.5 Å². The van der Waals surface area contributed by atoms with E-state index in [2.05, 4.69) is 61.3 Å². The van der Waals surface area contributed by atoms with Crippen molar-refractivity contribution in [3.8, 4) is 0 Å². The molecule has 1 aromatic carbocycles. The highest BCUT2D eigenvalue weighted by Crippen LogP contribution is 2.23. The molecule has 1 fully saturated rings. The molecule has 1 aromatic rings. The summed E-state index contributed by atoms with van der Waals surface area (Å²) in [4.78, 5) is 14.7. The molecule has 0 bridgehead atoms. The SMILES string of the molecule is CCCC(N)C(=O)NC1C(C)CN(Cc2ccccc2)CC1C.Cl.Cl. The van der Waals surface area contributed by atoms with Crippen LogP contribution in [0.2, 0.25) is 0 Å². The summed E-state index contributed by atoms with van der Waals surface area (Å²) in [6, 6.07) is 10.4. The molecule has 2 rings (SSSR count). The van der Waals surface area contributed by atoms with Crippen LogP contribution in [0.1, 0.15) is 39.2 Å². The van der Waals surface area contributed by atoms with Gasteiger partial charge in [0.2, 0.25) is 5.91 Å². The second-order valence-electron chi connectivity index (χ2n) is 7.06. The molecule has 25 heavy (non-hydrogen) atoms. The van der Waals surface area contributed by atoms with Gasteiger partial charge in [0.05, 0.1) is 6.04 Å². The van der Waals surface area contributed by atoms with Crippen molar-refractivity contribution in [2.24, 2.45) is 17.6 Å². The standard InChI is InChI=1S/C19H31N3O.2ClH/c1-4-8-17(20)19(23)21-18-14(2)11-22(12-15(18)3)13-16-9-6-5-7-10-16;;/h5-7,9-10,14-15,17-18H,4,8,11-13,20H2,1-3H3,(H,21,23);2*1H. The first-order valence-electron chi connectivity index (χ1n) is 8.83. The lowest BCUT2D eigenvalue weighted by Gasteiger charge is -2.42. The number of hydrogen-bond donors (Lipinski definition) is 2. The van der Waals surface area contributed by atoms with Gasteiger partial charge in [-0.05, 0) is 23.8 Å². The lowest BCUT2D eigenvalue weighted by Crippen LogP contribution is -2.57. The Hall–Kier alpha value is -0.810. The van der Waals surface area contributed by atoms with Gasteiger partial charge in [-0.25, -0.2) is 0 Å². The van der Waals surface area contributed by atoms with E-state index in [9.17, 15) is 4.79 Å². The number of piperidine rings is 1. The summed E-state index contributed by atoms with van der Waals surface area (Å²) in [6.07, 6.45) is 1.69. The highest BCUT2D eigenvalue weighted by atomic mass is 35.5. The van der Waals surface area contributed by atoms with E-state index < -0.39 is 0 Å². The average Bonchev–Trinajstić information content (AvgIpc) is 2.52. The zero-order chi connectivity index (χ0) is 16.8. The van der Waals surface area contributed by atoms with Gasteiger partial charge in [-0.1, -0.05) is 57.5 Å². The molecule has 0 saturated carbocycles. The first-order chi connectivity index (χ1) is 11.0. The van der Waals surface area contributed by atoms with Gasteiger partial charge in [0, 0.05) is 25.7 Å². The predicted molar refractivity (Wildman–Crippen MR) is 109 cm³/mol. The van der Waals surface area contributed by atoms with Crippen LogP contribution < -0.4 is 11.1 Å². The van der Waals surface area contributed by atoms with Crippen LogP contribution >= 0.6 is 24.8 Å². The number of nitrogens with one attached hydrogen (secondary N) is 1. The van der Waals surface area contributed by atoms with Crippen molar-refractivity contribution >= 4 is 30.7 Å². The van der Waals surface area contributed by atoms with Crippen molar-refractivity contribution in [2.45, 2.75) is 52.2 Å². The highest BCUT2D eigenvalue weighted by Gasteiger charge is 2.33. The number of amides is 1. The fourth-order valence-corrected chi connectivity index (χ4v) is 3.65. The molecule has 0 spiro atoms. The molecule has 144 valence electrons. The molecule has 1 aliphatic rings. The van der Waals surface area contributed by atoms with Gasteiger partial charge in [0.25, 0.3) is 0 Å². The average molecular weight is 390 g/mol. The summed E-state index contributed by atoms with van der Waals surface area (Å²) in [7, 11) is 0. The van der Waals surface area contributed by atoms with E-state index in [0.29, 0.717) is 11.8 Å². The van der Waals surface area contributed by atoms with Crippen LogP contribution in [-0.4, -0.2) is 36.0 Å². The largest absolute Gasteiger partial charge is 0.351 e. The van der Waals surface area contributed by atoms with Gasteiger partial charge in [0.15, 0.2) is 0 Å². The quantitative estimate of drug-likeness (QED) is 0.784. The van der Waals surface area contributed by atoms with Crippen molar-refractivity contribution in [3.05, 3.63) is 35.9 Å². The fraction of sp³-hybridized carbons (Fsp3) is 0.632. The summed E-state index contributed by atoms with van der Waals surface area (Å²) in [6.45, 7) is 9.50. The maximum Gasteiger partial charge on any atom is 0.237 e. The van der Waals surface area contributed by atoms with Gasteiger partial charge < -0.3 is 11.1 Å². The van der Waals surface area contributed by atoms with Crippen LogP contribution in [0.15, 0.2) is 30.3 Å². The Kier molecular flexibility index (Phi) is 11.4. The van der Waals surface area contributed by atoms with E-state index >= 15 is 0 Å². The molecule has 3 atom stereocenters. The zero-order valence-electron chi connectivity index (χ0n) is 15.5. The number of nitrogens with two attached hydrogens (primary N) is 1. The second-order valence-corrected chi connectivity index (χ2v) is 7.06. The van der Waals surface area contributed by atoms with Crippen molar-refractivity contribution in [3.63, 3.8) is 0 Å². The molecule has 3 unspecified atom stereocenters. The maximum absolute atomic E-state index is 12.2. The van der Waals surface area contributed by atoms with E-state index in [1.807, 2.05) is 0 Å². The van der Waals surface area contributed by atoms with Crippen LogP contribution in [0.3, 0.4) is 0 Å². The molecular weight excluding hydrogens is 357 g/mol. The third kappa shape index (κ3) is 7.14. The van der Waals surface area contributed by atoms with Gasteiger partial charge in [-0.15, -0.1) is 24.8 Å². The monoisotopic (exact) mass is 389 g/mol. The van der Waals surface area contributed by atoms with Crippen molar-refractivity contribution in [2.75, 3.05) is 13.1 Å². The summed E-state index contributed by atoms with van der Waals surface area (Å²) in [5.41, 5.74) is 7.29. The number of likely N-dealkylation sites (tertiary alicyclic amines) is 1. The van der Waals surface area contributed by atoms with Gasteiger partial charge in [-0.3, -0.25) is 9.69 Å². The molecular formula is C19H33Cl2N3O. The minimum absolute atomic E-state index is 0. The molecule has 1 aliphatic heterocycles. The number of carbonyl (C=O) groups excluding carboxylic acids is 1. The van der Waals surface area contributed by atoms with Gasteiger partial charge in [-0.2, -0.15) is 0 Å². The minimum atomic E-state index is -0.373. The van der Waals surface area contributed by atoms with Crippen LogP contribution in [-0.2, 0) is 11.3 Å². The number of halogens is 2. The normalized spacial score (nSPS) is 24.6. The zero-order valence-corrected chi connectivity index (χ0v) is 17.1. The number of hydrogen-bond acceptors (Lipinski definition) is 3. The Labute approximate surface area is 164 Å². The van der Waals surface area contributed by atoms with Crippen molar-refractivity contribution in [1.29, 1.82) is 0 Å². The third-order valence-electron chi connectivity index (χ3n) is 4.81. The smallest absolute Gasteiger partial charge is 0.237 e. The number of rotatable bonds is 6. The maximum atomic E-state index is 12.2. The lowest BCUT2D eigenvalue weighted by molar-refractivity contribution is -0.124. The van der Waals surface area contributed by atoms with Crippen LogP contribution in [0.25, 0.3) is 0 Å². The number of carbonyl (C=O) groups is 1. The molecule has 6 heteroatoms. The van der Waals surface area contributed by atoms with Crippen LogP contribution in [0.4, 0.5) is 0 Å². The van der Waals surface area contributed by atoms with Crippen LogP contribution in [0.5, 0.6) is 0 Å². The Morgan fingerprint density at radius 1 is 1.20 bits per heavy atom. The fourth-order valence-electron chi connectivity index (χ4n) is 3.65. The van der Waals surface area contributed by atoms with Crippen LogP contribution in [0, 0.1) is 11.8 Å². The summed E-state index contributed by atoms with van der Waals surface area (Å²) in [5, 5.41) is 3.20. The second kappa shape index (κ2) is 11.7. The molecule has 1 heterocycles.